The molecule has 0 atom stereocenters. The lowest BCUT2D eigenvalue weighted by molar-refractivity contribution is 0.584. The third kappa shape index (κ3) is 6.03. The highest BCUT2D eigenvalue weighted by atomic mass is 16.4. The van der Waals surface area contributed by atoms with Crippen LogP contribution in [0.5, 0.6) is 0 Å². The summed E-state index contributed by atoms with van der Waals surface area (Å²) in [4.78, 5) is 2.28. The Kier molecular flexibility index (Phi) is 8.16. The van der Waals surface area contributed by atoms with Gasteiger partial charge in [0, 0.05) is 28.2 Å². The fourth-order valence-corrected chi connectivity index (χ4v) is 6.90. The molecule has 4 nitrogen and oxygen atoms in total. The Morgan fingerprint density at radius 3 is 1.29 bits per heavy atom. The molecular weight excluding hydrogens is 635 g/mol. The largest absolute Gasteiger partial charge is 0.416 e. The van der Waals surface area contributed by atoms with Crippen LogP contribution >= 0.6 is 0 Å². The van der Waals surface area contributed by atoms with Crippen molar-refractivity contribution in [3.63, 3.8) is 0 Å². The van der Waals surface area contributed by atoms with E-state index in [1.165, 1.54) is 22.1 Å². The minimum atomic E-state index is 0.495. The van der Waals surface area contributed by atoms with E-state index in [1.54, 1.807) is 0 Å². The molecule has 0 fully saturated rings. The number of benzene rings is 8. The van der Waals surface area contributed by atoms with Gasteiger partial charge in [-0.15, -0.1) is 10.2 Å². The summed E-state index contributed by atoms with van der Waals surface area (Å²) in [5.41, 5.74) is 12.1. The first-order valence-electron chi connectivity index (χ1n) is 17.4. The van der Waals surface area contributed by atoms with Gasteiger partial charge < -0.3 is 9.32 Å². The summed E-state index contributed by atoms with van der Waals surface area (Å²) < 4.78 is 6.16. The third-order valence-electron chi connectivity index (χ3n) is 9.47. The molecular formula is C48H33N3O. The van der Waals surface area contributed by atoms with E-state index in [4.69, 9.17) is 4.42 Å². The predicted octanol–water partition coefficient (Wildman–Crippen LogP) is 13.0. The fourth-order valence-electron chi connectivity index (χ4n) is 6.90. The van der Waals surface area contributed by atoms with E-state index in [0.29, 0.717) is 11.8 Å². The molecule has 0 aliphatic rings. The van der Waals surface area contributed by atoms with E-state index in [1.807, 2.05) is 18.2 Å². The Morgan fingerprint density at radius 2 is 0.712 bits per heavy atom. The molecule has 52 heavy (non-hydrogen) atoms. The van der Waals surface area contributed by atoms with Crippen molar-refractivity contribution in [2.24, 2.45) is 0 Å². The van der Waals surface area contributed by atoms with E-state index in [-0.39, 0.29) is 0 Å². The predicted molar refractivity (Wildman–Crippen MR) is 214 cm³/mol. The molecule has 0 saturated heterocycles. The van der Waals surface area contributed by atoms with Crippen LogP contribution in [0.25, 0.3) is 67.1 Å². The van der Waals surface area contributed by atoms with Crippen LogP contribution in [-0.4, -0.2) is 10.2 Å². The second-order valence-electron chi connectivity index (χ2n) is 12.7. The molecule has 246 valence electrons. The minimum absolute atomic E-state index is 0.495. The van der Waals surface area contributed by atoms with E-state index in [2.05, 4.69) is 197 Å². The maximum atomic E-state index is 6.16. The molecule has 8 aromatic carbocycles. The molecule has 0 aliphatic carbocycles. The highest BCUT2D eigenvalue weighted by molar-refractivity contribution is 5.92. The van der Waals surface area contributed by atoms with Crippen LogP contribution in [0.15, 0.2) is 205 Å². The molecule has 0 bridgehead atoms. The Labute approximate surface area is 302 Å². The maximum Gasteiger partial charge on any atom is 0.248 e. The number of rotatable bonds is 8. The first-order valence-corrected chi connectivity index (χ1v) is 17.4. The van der Waals surface area contributed by atoms with Crippen LogP contribution in [0.3, 0.4) is 0 Å². The molecule has 0 radical (unpaired) electrons. The molecule has 0 spiro atoms. The van der Waals surface area contributed by atoms with Crippen molar-refractivity contribution in [1.29, 1.82) is 0 Å². The van der Waals surface area contributed by atoms with Crippen LogP contribution in [0.2, 0.25) is 0 Å². The van der Waals surface area contributed by atoms with E-state index < -0.39 is 0 Å². The standard InChI is InChI=1S/C48H33N3O/c1-3-15-40(16-4-1)51(41-17-5-2-6-18-41)42-31-29-36(30-32-42)44-20-10-12-22-46(44)45-21-11-9-19-43(45)35-24-26-37(27-25-35)47-49-50-48(52-47)39-28-23-34-13-7-8-14-38(34)33-39/h1-33H. The van der Waals surface area contributed by atoms with Gasteiger partial charge >= 0.3 is 0 Å². The van der Waals surface area contributed by atoms with Gasteiger partial charge in [-0.3, -0.25) is 0 Å². The van der Waals surface area contributed by atoms with Gasteiger partial charge in [0.05, 0.1) is 0 Å². The Bertz CT molecular complexity index is 2570. The SMILES string of the molecule is c1ccc(N(c2ccccc2)c2ccc(-c3ccccc3-c3ccccc3-c3ccc(-c4nnc(-c5ccc6ccccc6c5)o4)cc3)cc2)cc1. The lowest BCUT2D eigenvalue weighted by Gasteiger charge is -2.25. The molecule has 0 saturated carbocycles. The summed E-state index contributed by atoms with van der Waals surface area (Å²) in [6.45, 7) is 0. The van der Waals surface area contributed by atoms with Crippen LogP contribution in [0, 0.1) is 0 Å². The Hall–Kier alpha value is -7.04. The zero-order valence-electron chi connectivity index (χ0n) is 28.3. The van der Waals surface area contributed by atoms with Crippen LogP contribution in [0.4, 0.5) is 17.1 Å². The van der Waals surface area contributed by atoms with Gasteiger partial charge in [-0.25, -0.2) is 0 Å². The average Bonchev–Trinajstić information content (AvgIpc) is 3.73. The first-order chi connectivity index (χ1) is 25.8. The van der Waals surface area contributed by atoms with Gasteiger partial charge in [0.2, 0.25) is 11.8 Å². The molecule has 9 rings (SSSR count). The van der Waals surface area contributed by atoms with Gasteiger partial charge in [-0.05, 0) is 105 Å². The van der Waals surface area contributed by atoms with E-state index in [9.17, 15) is 0 Å². The number of para-hydroxylation sites is 2. The lowest BCUT2D eigenvalue weighted by atomic mass is 9.89. The van der Waals surface area contributed by atoms with Crippen molar-refractivity contribution in [2.75, 3.05) is 4.90 Å². The number of aromatic nitrogens is 2. The number of nitrogens with zero attached hydrogens (tertiary/aromatic N) is 3. The van der Waals surface area contributed by atoms with Crippen molar-refractivity contribution in [1.82, 2.24) is 10.2 Å². The van der Waals surface area contributed by atoms with Crippen molar-refractivity contribution in [3.05, 3.63) is 200 Å². The summed E-state index contributed by atoms with van der Waals surface area (Å²) in [6.07, 6.45) is 0. The van der Waals surface area contributed by atoms with Gasteiger partial charge in [0.15, 0.2) is 0 Å². The second kappa shape index (κ2) is 13.7. The monoisotopic (exact) mass is 667 g/mol. The minimum Gasteiger partial charge on any atom is -0.416 e. The summed E-state index contributed by atoms with van der Waals surface area (Å²) in [6, 6.07) is 69.9. The quantitative estimate of drug-likeness (QED) is 0.162. The molecule has 1 heterocycles. The Morgan fingerprint density at radius 1 is 0.308 bits per heavy atom. The van der Waals surface area contributed by atoms with Crippen LogP contribution < -0.4 is 4.90 Å². The highest BCUT2D eigenvalue weighted by Gasteiger charge is 2.16. The summed E-state index contributed by atoms with van der Waals surface area (Å²) in [5.74, 6) is 1.00. The molecule has 9 aromatic rings. The van der Waals surface area contributed by atoms with E-state index >= 15 is 0 Å². The lowest BCUT2D eigenvalue weighted by Crippen LogP contribution is -2.09. The molecule has 0 N–H and O–H groups in total. The second-order valence-corrected chi connectivity index (χ2v) is 12.7. The molecule has 4 heteroatoms. The smallest absolute Gasteiger partial charge is 0.248 e. The van der Waals surface area contributed by atoms with Crippen molar-refractivity contribution in [3.8, 4) is 56.3 Å². The molecule has 0 unspecified atom stereocenters. The van der Waals surface area contributed by atoms with Gasteiger partial charge in [0.25, 0.3) is 0 Å². The normalized spacial score (nSPS) is 11.1. The Balaban J connectivity index is 1.02. The number of hydrogen-bond donors (Lipinski definition) is 0. The highest BCUT2D eigenvalue weighted by Crippen LogP contribution is 2.40. The summed E-state index contributed by atoms with van der Waals surface area (Å²) in [5, 5.41) is 11.1. The third-order valence-corrected chi connectivity index (χ3v) is 9.47. The molecule has 0 amide bonds. The first kappa shape index (κ1) is 31.0. The van der Waals surface area contributed by atoms with E-state index in [0.717, 1.165) is 50.3 Å². The zero-order chi connectivity index (χ0) is 34.7. The van der Waals surface area contributed by atoms with Gasteiger partial charge in [0.1, 0.15) is 0 Å². The van der Waals surface area contributed by atoms with Crippen molar-refractivity contribution >= 4 is 27.8 Å². The fraction of sp³-hybridized carbons (Fsp3) is 0. The van der Waals surface area contributed by atoms with Gasteiger partial charge in [-0.2, -0.15) is 0 Å². The zero-order valence-corrected chi connectivity index (χ0v) is 28.3. The van der Waals surface area contributed by atoms with Crippen LogP contribution in [-0.2, 0) is 0 Å². The summed E-state index contributed by atoms with van der Waals surface area (Å²) in [7, 11) is 0. The van der Waals surface area contributed by atoms with Gasteiger partial charge in [-0.1, -0.05) is 140 Å². The maximum absolute atomic E-state index is 6.16. The summed E-state index contributed by atoms with van der Waals surface area (Å²) >= 11 is 0. The number of hydrogen-bond acceptors (Lipinski definition) is 4. The molecule has 1 aromatic heterocycles. The average molecular weight is 668 g/mol. The topological polar surface area (TPSA) is 42.2 Å². The van der Waals surface area contributed by atoms with Crippen molar-refractivity contribution in [2.45, 2.75) is 0 Å². The number of anilines is 3. The van der Waals surface area contributed by atoms with Crippen molar-refractivity contribution < 1.29 is 4.42 Å². The number of fused-ring (bicyclic) bond motifs is 1. The molecule has 0 aliphatic heterocycles. The van der Waals surface area contributed by atoms with Crippen LogP contribution in [0.1, 0.15) is 0 Å².